The fraction of sp³-hybridized carbons (Fsp3) is 0.333. The van der Waals surface area contributed by atoms with Crippen molar-refractivity contribution in [2.45, 2.75) is 53.4 Å². The van der Waals surface area contributed by atoms with Crippen LogP contribution < -0.4 is 4.72 Å². The Kier molecular flexibility index (Phi) is 7.08. The second-order valence-electron chi connectivity index (χ2n) is 9.25. The number of allylic oxidation sites excluding steroid dienone is 4. The summed E-state index contributed by atoms with van der Waals surface area (Å²) in [5.41, 5.74) is 6.13. The maximum Gasteiger partial charge on any atom is 0.261 e. The van der Waals surface area contributed by atoms with Crippen molar-refractivity contribution in [2.75, 3.05) is 4.72 Å². The molecule has 1 aliphatic rings. The van der Waals surface area contributed by atoms with Crippen molar-refractivity contribution in [1.82, 2.24) is 0 Å². The Morgan fingerprint density at radius 3 is 1.88 bits per heavy atom. The molecule has 0 aromatic heterocycles. The summed E-state index contributed by atoms with van der Waals surface area (Å²) >= 11 is 0. The van der Waals surface area contributed by atoms with Crippen LogP contribution >= 0.6 is 0 Å². The third-order valence-corrected chi connectivity index (χ3v) is 7.12. The second-order valence-corrected chi connectivity index (χ2v) is 10.9. The molecule has 2 aromatic rings. The van der Waals surface area contributed by atoms with Gasteiger partial charge in [-0.3, -0.25) is 9.52 Å². The van der Waals surface area contributed by atoms with Gasteiger partial charge in [-0.2, -0.15) is 0 Å². The molecule has 0 unspecified atom stereocenters. The minimum absolute atomic E-state index is 0.0905. The number of carbonyl (C=O) groups excluding carboxylic acids is 1. The number of nitrogens with zero attached hydrogens (tertiary/aromatic N) is 1. The number of sulfonamides is 1. The summed E-state index contributed by atoms with van der Waals surface area (Å²) in [5.74, 6) is 0.297. The highest BCUT2D eigenvalue weighted by Crippen LogP contribution is 2.31. The Hall–Kier alpha value is -2.99. The molecule has 0 saturated carbocycles. The highest BCUT2D eigenvalue weighted by molar-refractivity contribution is 7.92. The van der Waals surface area contributed by atoms with E-state index in [-0.39, 0.29) is 22.5 Å². The summed E-state index contributed by atoms with van der Waals surface area (Å²) in [7, 11) is -3.69. The van der Waals surface area contributed by atoms with Crippen molar-refractivity contribution in [1.29, 1.82) is 0 Å². The number of rotatable bonds is 6. The van der Waals surface area contributed by atoms with Gasteiger partial charge in [-0.25, -0.2) is 13.4 Å². The van der Waals surface area contributed by atoms with Crippen LogP contribution in [0.1, 0.15) is 44.4 Å². The SMILES string of the molecule is Cc1ccc(S(=O)(=O)Nc2cc(C)c(N=C3C=C(C(C)C)C(=O)C(C(C)C)=C3)cc2C)cc1. The van der Waals surface area contributed by atoms with E-state index in [2.05, 4.69) is 4.72 Å². The summed E-state index contributed by atoms with van der Waals surface area (Å²) in [5, 5.41) is 0. The average molecular weight is 465 g/mol. The number of carbonyl (C=O) groups is 1. The molecule has 0 fully saturated rings. The second kappa shape index (κ2) is 9.48. The quantitative estimate of drug-likeness (QED) is 0.515. The van der Waals surface area contributed by atoms with Crippen LogP contribution in [0.3, 0.4) is 0 Å². The first-order valence-corrected chi connectivity index (χ1v) is 12.6. The number of ketones is 1. The molecular weight excluding hydrogens is 432 g/mol. The third-order valence-electron chi connectivity index (χ3n) is 5.74. The maximum absolute atomic E-state index is 12.8. The van der Waals surface area contributed by atoms with Gasteiger partial charge in [0, 0.05) is 11.1 Å². The van der Waals surface area contributed by atoms with Crippen molar-refractivity contribution < 1.29 is 13.2 Å². The third kappa shape index (κ3) is 5.50. The van der Waals surface area contributed by atoms with Gasteiger partial charge in [0.15, 0.2) is 5.78 Å². The van der Waals surface area contributed by atoms with Crippen LogP contribution in [0.5, 0.6) is 0 Å². The minimum Gasteiger partial charge on any atom is -0.289 e. The number of anilines is 1. The van der Waals surface area contributed by atoms with Crippen LogP contribution in [-0.4, -0.2) is 19.9 Å². The fourth-order valence-electron chi connectivity index (χ4n) is 3.67. The molecule has 0 radical (unpaired) electrons. The molecule has 0 heterocycles. The number of benzene rings is 2. The van der Waals surface area contributed by atoms with E-state index < -0.39 is 10.0 Å². The Bertz CT molecular complexity index is 1250. The van der Waals surface area contributed by atoms with Gasteiger partial charge in [-0.1, -0.05) is 45.4 Å². The molecule has 6 heteroatoms. The fourth-order valence-corrected chi connectivity index (χ4v) is 4.79. The number of Topliss-reactive ketones (excluding diaryl/α,β-unsaturated/α-hetero) is 1. The lowest BCUT2D eigenvalue weighted by molar-refractivity contribution is -0.113. The molecule has 0 bridgehead atoms. The minimum atomic E-state index is -3.69. The van der Waals surface area contributed by atoms with Crippen LogP contribution in [0.2, 0.25) is 0 Å². The Morgan fingerprint density at radius 2 is 1.36 bits per heavy atom. The highest BCUT2D eigenvalue weighted by atomic mass is 32.2. The average Bonchev–Trinajstić information content (AvgIpc) is 2.72. The number of hydrogen-bond acceptors (Lipinski definition) is 4. The largest absolute Gasteiger partial charge is 0.289 e. The summed E-state index contributed by atoms with van der Waals surface area (Å²) in [6.07, 6.45) is 3.73. The molecule has 0 aliphatic heterocycles. The molecule has 0 atom stereocenters. The zero-order chi connectivity index (χ0) is 24.5. The Labute approximate surface area is 197 Å². The molecule has 0 amide bonds. The van der Waals surface area contributed by atoms with Gasteiger partial charge in [0.1, 0.15) is 0 Å². The first-order valence-electron chi connectivity index (χ1n) is 11.2. The lowest BCUT2D eigenvalue weighted by Gasteiger charge is -2.20. The first kappa shape index (κ1) is 24.6. The van der Waals surface area contributed by atoms with Gasteiger partial charge in [0.2, 0.25) is 0 Å². The zero-order valence-electron chi connectivity index (χ0n) is 20.4. The summed E-state index contributed by atoms with van der Waals surface area (Å²) in [6.45, 7) is 13.7. The lowest BCUT2D eigenvalue weighted by atomic mass is 9.84. The van der Waals surface area contributed by atoms with Gasteiger partial charge in [0.25, 0.3) is 10.0 Å². The molecule has 0 spiro atoms. The molecule has 1 aliphatic carbocycles. The van der Waals surface area contributed by atoms with Crippen LogP contribution in [0.4, 0.5) is 11.4 Å². The molecule has 5 nitrogen and oxygen atoms in total. The number of nitrogens with one attached hydrogen (secondary N) is 1. The molecule has 3 rings (SSSR count). The molecule has 2 aromatic carbocycles. The number of hydrogen-bond donors (Lipinski definition) is 1. The standard InChI is InChI=1S/C27H32N2O3S/c1-16(2)23-14-21(15-24(17(3)4)27(23)30)28-25-12-20(7)26(13-19(25)6)29-33(31,32)22-10-8-18(5)9-11-22/h8-17,29H,1-7H3. The molecular formula is C27H32N2O3S. The van der Waals surface area contributed by atoms with Gasteiger partial charge < -0.3 is 0 Å². The van der Waals surface area contributed by atoms with Crippen molar-refractivity contribution in [3.8, 4) is 0 Å². The molecule has 0 saturated heterocycles. The Balaban J connectivity index is 1.98. The van der Waals surface area contributed by atoms with E-state index in [1.807, 2.05) is 66.7 Å². The zero-order valence-corrected chi connectivity index (χ0v) is 21.2. The van der Waals surface area contributed by atoms with Crippen LogP contribution in [0.15, 0.2) is 69.6 Å². The monoisotopic (exact) mass is 464 g/mol. The van der Waals surface area contributed by atoms with E-state index in [4.69, 9.17) is 4.99 Å². The lowest BCUT2D eigenvalue weighted by Crippen LogP contribution is -2.20. The van der Waals surface area contributed by atoms with Crippen molar-refractivity contribution in [3.05, 3.63) is 76.4 Å². The predicted octanol–water partition coefficient (Wildman–Crippen LogP) is 6.23. The Morgan fingerprint density at radius 1 is 0.818 bits per heavy atom. The van der Waals surface area contributed by atoms with Crippen LogP contribution in [0.25, 0.3) is 0 Å². The molecule has 33 heavy (non-hydrogen) atoms. The summed E-state index contributed by atoms with van der Waals surface area (Å²) < 4.78 is 28.3. The number of aryl methyl sites for hydroxylation is 3. The van der Waals surface area contributed by atoms with Crippen LogP contribution in [-0.2, 0) is 14.8 Å². The number of aliphatic imine (C=N–C) groups is 1. The van der Waals surface area contributed by atoms with Gasteiger partial charge in [0.05, 0.1) is 22.0 Å². The van der Waals surface area contributed by atoms with E-state index >= 15 is 0 Å². The van der Waals surface area contributed by atoms with E-state index in [1.165, 1.54) is 0 Å². The first-order chi connectivity index (χ1) is 15.4. The van der Waals surface area contributed by atoms with Gasteiger partial charge >= 0.3 is 0 Å². The normalized spacial score (nSPS) is 14.5. The van der Waals surface area contributed by atoms with Crippen molar-refractivity contribution >= 4 is 32.9 Å². The van der Waals surface area contributed by atoms with Crippen molar-refractivity contribution in [2.24, 2.45) is 16.8 Å². The van der Waals surface area contributed by atoms with Gasteiger partial charge in [-0.05, 0) is 80.2 Å². The van der Waals surface area contributed by atoms with Crippen molar-refractivity contribution in [3.63, 3.8) is 0 Å². The van der Waals surface area contributed by atoms with E-state index in [0.29, 0.717) is 5.69 Å². The molecule has 174 valence electrons. The summed E-state index contributed by atoms with van der Waals surface area (Å²) in [4.78, 5) is 17.8. The van der Waals surface area contributed by atoms with E-state index in [1.54, 1.807) is 30.3 Å². The topological polar surface area (TPSA) is 75.6 Å². The predicted molar refractivity (Wildman–Crippen MR) is 136 cm³/mol. The highest BCUT2D eigenvalue weighted by Gasteiger charge is 2.25. The van der Waals surface area contributed by atoms with Gasteiger partial charge in [-0.15, -0.1) is 0 Å². The molecule has 1 N–H and O–H groups in total. The smallest absolute Gasteiger partial charge is 0.261 e. The van der Waals surface area contributed by atoms with E-state index in [0.717, 1.165) is 39.2 Å². The van der Waals surface area contributed by atoms with Crippen LogP contribution in [0, 0.1) is 32.6 Å². The maximum atomic E-state index is 12.8. The van der Waals surface area contributed by atoms with E-state index in [9.17, 15) is 13.2 Å². The summed E-state index contributed by atoms with van der Waals surface area (Å²) in [6, 6.07) is 10.4.